The van der Waals surface area contributed by atoms with Gasteiger partial charge in [-0.25, -0.2) is 9.48 Å². The second-order valence-electron chi connectivity index (χ2n) is 6.69. The van der Waals surface area contributed by atoms with Gasteiger partial charge in [-0.1, -0.05) is 30.3 Å². The lowest BCUT2D eigenvalue weighted by Crippen LogP contribution is -2.31. The molecule has 0 atom stereocenters. The molecule has 1 amide bonds. The molecule has 156 valence electrons. The lowest BCUT2D eigenvalue weighted by molar-refractivity contribution is -0.133. The number of esters is 1. The Balaban J connectivity index is 1.69. The first-order valence-electron chi connectivity index (χ1n) is 9.48. The van der Waals surface area contributed by atoms with Gasteiger partial charge in [0.2, 0.25) is 0 Å². The molecule has 30 heavy (non-hydrogen) atoms. The van der Waals surface area contributed by atoms with E-state index < -0.39 is 12.6 Å². The van der Waals surface area contributed by atoms with Crippen LogP contribution in [0.15, 0.2) is 53.3 Å². The summed E-state index contributed by atoms with van der Waals surface area (Å²) >= 11 is 0. The van der Waals surface area contributed by atoms with Gasteiger partial charge in [0.25, 0.3) is 11.5 Å². The number of likely N-dealkylation sites (N-methyl/N-ethyl adjacent to an activating group) is 1. The van der Waals surface area contributed by atoms with Crippen molar-refractivity contribution in [3.63, 3.8) is 0 Å². The third kappa shape index (κ3) is 4.48. The SMILES string of the molecule is CCn1nc(C(=O)OCC(=O)N(C)Cc2ccc(OC)cc2)c2ccccc2c1=O. The lowest BCUT2D eigenvalue weighted by Gasteiger charge is -2.17. The number of benzene rings is 2. The van der Waals surface area contributed by atoms with Crippen molar-refractivity contribution >= 4 is 22.6 Å². The van der Waals surface area contributed by atoms with Crippen molar-refractivity contribution in [2.24, 2.45) is 0 Å². The first-order chi connectivity index (χ1) is 14.4. The second kappa shape index (κ2) is 9.21. The zero-order valence-electron chi connectivity index (χ0n) is 17.1. The summed E-state index contributed by atoms with van der Waals surface area (Å²) in [7, 11) is 3.22. The minimum Gasteiger partial charge on any atom is -0.497 e. The van der Waals surface area contributed by atoms with Gasteiger partial charge in [-0.05, 0) is 30.7 Å². The predicted molar refractivity (Wildman–Crippen MR) is 111 cm³/mol. The van der Waals surface area contributed by atoms with Crippen molar-refractivity contribution in [1.82, 2.24) is 14.7 Å². The van der Waals surface area contributed by atoms with Crippen LogP contribution in [0.25, 0.3) is 10.8 Å². The minimum absolute atomic E-state index is 0.0117. The smallest absolute Gasteiger partial charge is 0.359 e. The molecule has 0 aliphatic heterocycles. The zero-order chi connectivity index (χ0) is 21.7. The van der Waals surface area contributed by atoms with Gasteiger partial charge in [-0.3, -0.25) is 9.59 Å². The Labute approximate surface area is 173 Å². The highest BCUT2D eigenvalue weighted by Gasteiger charge is 2.19. The van der Waals surface area contributed by atoms with Crippen LogP contribution in [-0.2, 0) is 22.6 Å². The van der Waals surface area contributed by atoms with Gasteiger partial charge in [0.05, 0.1) is 12.5 Å². The predicted octanol–water partition coefficient (Wildman–Crippen LogP) is 2.24. The van der Waals surface area contributed by atoms with E-state index in [1.54, 1.807) is 45.3 Å². The number of aryl methyl sites for hydroxylation is 1. The number of amides is 1. The topological polar surface area (TPSA) is 90.7 Å². The van der Waals surface area contributed by atoms with Crippen LogP contribution >= 0.6 is 0 Å². The molecule has 1 aromatic heterocycles. The molecule has 0 aliphatic carbocycles. The van der Waals surface area contributed by atoms with E-state index in [1.165, 1.54) is 9.58 Å². The van der Waals surface area contributed by atoms with Crippen LogP contribution in [-0.4, -0.2) is 47.3 Å². The Morgan fingerprint density at radius 1 is 1.07 bits per heavy atom. The fraction of sp³-hybridized carbons (Fsp3) is 0.273. The normalized spacial score (nSPS) is 10.6. The standard InChI is InChI=1S/C22H23N3O5/c1-4-25-21(27)18-8-6-5-7-17(18)20(23-25)22(28)30-14-19(26)24(2)13-15-9-11-16(29-3)12-10-15/h5-12H,4,13-14H2,1-3H3. The van der Waals surface area contributed by atoms with E-state index in [2.05, 4.69) is 5.10 Å². The van der Waals surface area contributed by atoms with Crippen molar-refractivity contribution < 1.29 is 19.1 Å². The van der Waals surface area contributed by atoms with Crippen LogP contribution in [0, 0.1) is 0 Å². The largest absolute Gasteiger partial charge is 0.497 e. The van der Waals surface area contributed by atoms with E-state index in [1.807, 2.05) is 24.3 Å². The molecule has 0 fully saturated rings. The number of fused-ring (bicyclic) bond motifs is 1. The maximum atomic E-state index is 12.6. The number of carbonyl (C=O) groups is 2. The van der Waals surface area contributed by atoms with E-state index in [4.69, 9.17) is 9.47 Å². The van der Waals surface area contributed by atoms with Crippen LogP contribution < -0.4 is 10.3 Å². The third-order valence-corrected chi connectivity index (χ3v) is 4.69. The van der Waals surface area contributed by atoms with Gasteiger partial charge in [0.1, 0.15) is 5.75 Å². The highest BCUT2D eigenvalue weighted by Crippen LogP contribution is 2.15. The van der Waals surface area contributed by atoms with Gasteiger partial charge in [-0.2, -0.15) is 5.10 Å². The molecule has 0 spiro atoms. The number of hydrogen-bond acceptors (Lipinski definition) is 6. The lowest BCUT2D eigenvalue weighted by atomic mass is 10.1. The van der Waals surface area contributed by atoms with Gasteiger partial charge in [0.15, 0.2) is 12.3 Å². The van der Waals surface area contributed by atoms with Crippen molar-refractivity contribution in [3.05, 3.63) is 70.1 Å². The van der Waals surface area contributed by atoms with Gasteiger partial charge in [0, 0.05) is 25.5 Å². The molecule has 8 heteroatoms. The quantitative estimate of drug-likeness (QED) is 0.556. The van der Waals surface area contributed by atoms with E-state index >= 15 is 0 Å². The molecule has 1 heterocycles. The molecule has 3 rings (SSSR count). The molecule has 0 saturated heterocycles. The van der Waals surface area contributed by atoms with Crippen LogP contribution in [0.3, 0.4) is 0 Å². The zero-order valence-corrected chi connectivity index (χ0v) is 17.1. The van der Waals surface area contributed by atoms with Crippen molar-refractivity contribution in [3.8, 4) is 5.75 Å². The highest BCUT2D eigenvalue weighted by atomic mass is 16.5. The maximum Gasteiger partial charge on any atom is 0.359 e. The maximum absolute atomic E-state index is 12.6. The number of ether oxygens (including phenoxy) is 2. The van der Waals surface area contributed by atoms with Gasteiger partial charge < -0.3 is 14.4 Å². The average Bonchev–Trinajstić information content (AvgIpc) is 2.78. The summed E-state index contributed by atoms with van der Waals surface area (Å²) in [5, 5.41) is 4.90. The first kappa shape index (κ1) is 21.0. The van der Waals surface area contributed by atoms with Crippen LogP contribution in [0.2, 0.25) is 0 Å². The summed E-state index contributed by atoms with van der Waals surface area (Å²) in [6.07, 6.45) is 0. The van der Waals surface area contributed by atoms with Crippen molar-refractivity contribution in [2.45, 2.75) is 20.0 Å². The molecule has 8 nitrogen and oxygen atoms in total. The molecular weight excluding hydrogens is 386 g/mol. The summed E-state index contributed by atoms with van der Waals surface area (Å²) in [5.74, 6) is -0.373. The van der Waals surface area contributed by atoms with Crippen LogP contribution in [0.1, 0.15) is 23.0 Å². The number of aromatic nitrogens is 2. The number of hydrogen-bond donors (Lipinski definition) is 0. The monoisotopic (exact) mass is 409 g/mol. The first-order valence-corrected chi connectivity index (χ1v) is 9.48. The summed E-state index contributed by atoms with van der Waals surface area (Å²) < 4.78 is 11.5. The second-order valence-corrected chi connectivity index (χ2v) is 6.69. The number of rotatable bonds is 7. The molecule has 0 bridgehead atoms. The number of carbonyl (C=O) groups excluding carboxylic acids is 2. The Hall–Kier alpha value is -3.68. The third-order valence-electron chi connectivity index (χ3n) is 4.69. The van der Waals surface area contributed by atoms with E-state index in [9.17, 15) is 14.4 Å². The molecule has 3 aromatic rings. The average molecular weight is 409 g/mol. The van der Waals surface area contributed by atoms with E-state index in [0.29, 0.717) is 23.9 Å². The Kier molecular flexibility index (Phi) is 6.46. The summed E-state index contributed by atoms with van der Waals surface area (Å²) in [6, 6.07) is 14.0. The fourth-order valence-corrected chi connectivity index (χ4v) is 3.00. The molecule has 0 N–H and O–H groups in total. The van der Waals surface area contributed by atoms with E-state index in [-0.39, 0.29) is 17.2 Å². The van der Waals surface area contributed by atoms with Crippen LogP contribution in [0.5, 0.6) is 5.75 Å². The molecule has 2 aromatic carbocycles. The molecular formula is C22H23N3O5. The Bertz CT molecular complexity index is 1120. The van der Waals surface area contributed by atoms with Gasteiger partial charge in [-0.15, -0.1) is 0 Å². The molecule has 0 radical (unpaired) electrons. The molecule has 0 saturated carbocycles. The van der Waals surface area contributed by atoms with Crippen molar-refractivity contribution in [1.29, 1.82) is 0 Å². The van der Waals surface area contributed by atoms with Gasteiger partial charge >= 0.3 is 5.97 Å². The Morgan fingerprint density at radius 2 is 1.73 bits per heavy atom. The van der Waals surface area contributed by atoms with Crippen LogP contribution in [0.4, 0.5) is 0 Å². The fourth-order valence-electron chi connectivity index (χ4n) is 3.00. The molecule has 0 unspecified atom stereocenters. The highest BCUT2D eigenvalue weighted by molar-refractivity contribution is 6.02. The number of methoxy groups -OCH3 is 1. The molecule has 0 aliphatic rings. The number of nitrogens with zero attached hydrogens (tertiary/aromatic N) is 3. The Morgan fingerprint density at radius 3 is 2.37 bits per heavy atom. The van der Waals surface area contributed by atoms with Crippen molar-refractivity contribution in [2.75, 3.05) is 20.8 Å². The summed E-state index contributed by atoms with van der Waals surface area (Å²) in [4.78, 5) is 38.9. The van der Waals surface area contributed by atoms with E-state index in [0.717, 1.165) is 11.3 Å². The summed E-state index contributed by atoms with van der Waals surface area (Å²) in [5.41, 5.74) is 0.651. The minimum atomic E-state index is -0.750. The summed E-state index contributed by atoms with van der Waals surface area (Å²) in [6.45, 7) is 2.01.